The summed E-state index contributed by atoms with van der Waals surface area (Å²) in [7, 11) is 0. The third kappa shape index (κ3) is 2.40. The minimum Gasteiger partial charge on any atom is -0.476 e. The van der Waals surface area contributed by atoms with Crippen molar-refractivity contribution in [1.82, 2.24) is 9.78 Å². The molecule has 1 aromatic heterocycles. The van der Waals surface area contributed by atoms with Gasteiger partial charge in [0.2, 0.25) is 0 Å². The third-order valence-corrected chi connectivity index (χ3v) is 1.50. The zero-order valence-electron chi connectivity index (χ0n) is 7.64. The van der Waals surface area contributed by atoms with E-state index in [0.29, 0.717) is 6.61 Å². The zero-order chi connectivity index (χ0) is 10.6. The van der Waals surface area contributed by atoms with Gasteiger partial charge in [-0.05, 0) is 13.0 Å². The van der Waals surface area contributed by atoms with E-state index in [9.17, 15) is 9.59 Å². The Kier molecular flexibility index (Phi) is 3.35. The van der Waals surface area contributed by atoms with Gasteiger partial charge in [-0.25, -0.2) is 9.48 Å². The van der Waals surface area contributed by atoms with Crippen molar-refractivity contribution in [2.24, 2.45) is 0 Å². The van der Waals surface area contributed by atoms with E-state index in [2.05, 4.69) is 5.10 Å². The van der Waals surface area contributed by atoms with E-state index in [0.717, 1.165) is 16.8 Å². The summed E-state index contributed by atoms with van der Waals surface area (Å²) in [5, 5.41) is 12.2. The number of hydrogen-bond acceptors (Lipinski definition) is 4. The van der Waals surface area contributed by atoms with Gasteiger partial charge in [-0.2, -0.15) is 5.10 Å². The average molecular weight is 198 g/mol. The number of carboxylic acids is 1. The molecule has 0 bridgehead atoms. The first-order chi connectivity index (χ1) is 6.65. The highest BCUT2D eigenvalue weighted by Gasteiger charge is 2.06. The molecule has 0 amide bonds. The SMILES string of the molecule is CCOCn1nc(C(=O)O)ccc1=O. The Labute approximate surface area is 79.7 Å². The number of nitrogens with zero attached hydrogens (tertiary/aromatic N) is 2. The molecule has 1 rings (SSSR count). The number of carboxylic acid groups (broad SMARTS) is 1. The molecule has 0 saturated carbocycles. The van der Waals surface area contributed by atoms with Crippen LogP contribution in [0.25, 0.3) is 0 Å². The summed E-state index contributed by atoms with van der Waals surface area (Å²) >= 11 is 0. The van der Waals surface area contributed by atoms with E-state index in [4.69, 9.17) is 9.84 Å². The zero-order valence-corrected chi connectivity index (χ0v) is 7.64. The number of rotatable bonds is 4. The number of ether oxygens (including phenoxy) is 1. The Hall–Kier alpha value is -1.69. The maximum Gasteiger partial charge on any atom is 0.356 e. The summed E-state index contributed by atoms with van der Waals surface area (Å²) in [5.41, 5.74) is -0.562. The normalized spacial score (nSPS) is 10.1. The van der Waals surface area contributed by atoms with Crippen molar-refractivity contribution in [3.05, 3.63) is 28.2 Å². The Bertz CT molecular complexity index is 385. The molecule has 0 atom stereocenters. The van der Waals surface area contributed by atoms with Gasteiger partial charge >= 0.3 is 5.97 Å². The van der Waals surface area contributed by atoms with Crippen molar-refractivity contribution in [1.29, 1.82) is 0 Å². The molecule has 0 fully saturated rings. The molecule has 0 saturated heterocycles. The van der Waals surface area contributed by atoms with Gasteiger partial charge in [0.1, 0.15) is 6.73 Å². The summed E-state index contributed by atoms with van der Waals surface area (Å²) in [4.78, 5) is 21.6. The van der Waals surface area contributed by atoms with Crippen LogP contribution in [0.4, 0.5) is 0 Å². The van der Waals surface area contributed by atoms with Crippen molar-refractivity contribution in [3.63, 3.8) is 0 Å². The average Bonchev–Trinajstić information content (AvgIpc) is 2.16. The molecule has 0 radical (unpaired) electrons. The van der Waals surface area contributed by atoms with Crippen LogP contribution in [0.5, 0.6) is 0 Å². The molecular weight excluding hydrogens is 188 g/mol. The van der Waals surface area contributed by atoms with Gasteiger partial charge in [0, 0.05) is 12.7 Å². The molecule has 0 aliphatic carbocycles. The Morgan fingerprint density at radius 1 is 1.64 bits per heavy atom. The smallest absolute Gasteiger partial charge is 0.356 e. The fourth-order valence-corrected chi connectivity index (χ4v) is 0.833. The maximum absolute atomic E-state index is 11.1. The van der Waals surface area contributed by atoms with Crippen LogP contribution in [0.2, 0.25) is 0 Å². The molecule has 0 aromatic carbocycles. The second-order valence-electron chi connectivity index (χ2n) is 2.48. The van der Waals surface area contributed by atoms with Gasteiger partial charge in [-0.15, -0.1) is 0 Å². The van der Waals surface area contributed by atoms with E-state index < -0.39 is 5.97 Å². The van der Waals surface area contributed by atoms with Crippen LogP contribution >= 0.6 is 0 Å². The van der Waals surface area contributed by atoms with Crippen molar-refractivity contribution in [2.45, 2.75) is 13.7 Å². The molecule has 76 valence electrons. The molecule has 6 nitrogen and oxygen atoms in total. The lowest BCUT2D eigenvalue weighted by atomic mass is 10.4. The second-order valence-corrected chi connectivity index (χ2v) is 2.48. The minimum absolute atomic E-state index is 0.0313. The molecule has 0 aliphatic rings. The molecule has 0 unspecified atom stereocenters. The predicted molar refractivity (Wildman–Crippen MR) is 47.1 cm³/mol. The van der Waals surface area contributed by atoms with E-state index in [-0.39, 0.29) is 18.0 Å². The lowest BCUT2D eigenvalue weighted by molar-refractivity contribution is 0.0652. The van der Waals surface area contributed by atoms with Crippen LogP contribution in [0.15, 0.2) is 16.9 Å². The maximum atomic E-state index is 11.1. The number of hydrogen-bond donors (Lipinski definition) is 1. The first-order valence-corrected chi connectivity index (χ1v) is 4.04. The summed E-state index contributed by atoms with van der Waals surface area (Å²) < 4.78 is 5.91. The third-order valence-electron chi connectivity index (χ3n) is 1.50. The van der Waals surface area contributed by atoms with Crippen LogP contribution < -0.4 is 5.56 Å². The van der Waals surface area contributed by atoms with Crippen molar-refractivity contribution >= 4 is 5.97 Å². The van der Waals surface area contributed by atoms with Gasteiger partial charge < -0.3 is 9.84 Å². The first-order valence-electron chi connectivity index (χ1n) is 4.04. The molecule has 6 heteroatoms. The molecule has 1 aromatic rings. The van der Waals surface area contributed by atoms with Gasteiger partial charge in [0.25, 0.3) is 5.56 Å². The molecular formula is C8H10N2O4. The number of aromatic nitrogens is 2. The van der Waals surface area contributed by atoms with Crippen LogP contribution in [0.3, 0.4) is 0 Å². The highest BCUT2D eigenvalue weighted by molar-refractivity contribution is 5.84. The Morgan fingerprint density at radius 3 is 2.93 bits per heavy atom. The number of aromatic carboxylic acids is 1. The highest BCUT2D eigenvalue weighted by Crippen LogP contribution is 1.90. The monoisotopic (exact) mass is 198 g/mol. The fourth-order valence-electron chi connectivity index (χ4n) is 0.833. The highest BCUT2D eigenvalue weighted by atomic mass is 16.5. The van der Waals surface area contributed by atoms with Crippen LogP contribution in [-0.2, 0) is 11.5 Å². The lowest BCUT2D eigenvalue weighted by Gasteiger charge is -2.03. The summed E-state index contributed by atoms with van der Waals surface area (Å²) in [6.45, 7) is 2.17. The van der Waals surface area contributed by atoms with Gasteiger partial charge in [-0.1, -0.05) is 0 Å². The number of carbonyl (C=O) groups is 1. The Morgan fingerprint density at radius 2 is 2.36 bits per heavy atom. The minimum atomic E-state index is -1.17. The molecule has 1 N–H and O–H groups in total. The first kappa shape index (κ1) is 10.4. The standard InChI is InChI=1S/C8H10N2O4/c1-2-14-5-10-7(11)4-3-6(9-10)8(12)13/h3-4H,2,5H2,1H3,(H,12,13). The largest absolute Gasteiger partial charge is 0.476 e. The van der Waals surface area contributed by atoms with Crippen LogP contribution in [-0.4, -0.2) is 27.5 Å². The van der Waals surface area contributed by atoms with E-state index in [1.54, 1.807) is 6.92 Å². The fraction of sp³-hybridized carbons (Fsp3) is 0.375. The van der Waals surface area contributed by atoms with Crippen LogP contribution in [0, 0.1) is 0 Å². The van der Waals surface area contributed by atoms with Gasteiger partial charge in [0.15, 0.2) is 5.69 Å². The molecule has 14 heavy (non-hydrogen) atoms. The summed E-state index contributed by atoms with van der Waals surface area (Å²) in [6.07, 6.45) is 0. The van der Waals surface area contributed by atoms with Gasteiger partial charge in [-0.3, -0.25) is 4.79 Å². The van der Waals surface area contributed by atoms with Crippen molar-refractivity contribution < 1.29 is 14.6 Å². The predicted octanol–water partition coefficient (Wildman–Crippen LogP) is -0.0645. The topological polar surface area (TPSA) is 81.4 Å². The van der Waals surface area contributed by atoms with Crippen LogP contribution in [0.1, 0.15) is 17.4 Å². The second kappa shape index (κ2) is 4.52. The van der Waals surface area contributed by atoms with Crippen molar-refractivity contribution in [2.75, 3.05) is 6.61 Å². The van der Waals surface area contributed by atoms with Crippen molar-refractivity contribution in [3.8, 4) is 0 Å². The Balaban J connectivity index is 2.96. The van der Waals surface area contributed by atoms with E-state index >= 15 is 0 Å². The van der Waals surface area contributed by atoms with Gasteiger partial charge in [0.05, 0.1) is 0 Å². The lowest BCUT2D eigenvalue weighted by Crippen LogP contribution is -2.25. The summed E-state index contributed by atoms with van der Waals surface area (Å²) in [6, 6.07) is 2.31. The molecule has 0 spiro atoms. The van der Waals surface area contributed by atoms with E-state index in [1.807, 2.05) is 0 Å². The quantitative estimate of drug-likeness (QED) is 0.732. The van der Waals surface area contributed by atoms with E-state index in [1.165, 1.54) is 0 Å². The molecule has 0 aliphatic heterocycles. The summed E-state index contributed by atoms with van der Waals surface area (Å²) in [5.74, 6) is -1.17. The molecule has 1 heterocycles.